The molecule has 3 aliphatic rings. The molecule has 190 valence electrons. The highest BCUT2D eigenvalue weighted by Gasteiger charge is 2.39. The first-order chi connectivity index (χ1) is 17.9. The smallest absolute Gasteiger partial charge is 0.407 e. The molecule has 9 nitrogen and oxygen atoms in total. The topological polar surface area (TPSA) is 118 Å². The maximum absolute atomic E-state index is 13.0. The van der Waals surface area contributed by atoms with Crippen LogP contribution in [0.3, 0.4) is 0 Å². The number of nitrogens with zero attached hydrogens (tertiary/aromatic N) is 2. The summed E-state index contributed by atoms with van der Waals surface area (Å²) >= 11 is 1.63. The van der Waals surface area contributed by atoms with Crippen LogP contribution >= 0.6 is 11.3 Å². The van der Waals surface area contributed by atoms with Gasteiger partial charge < -0.3 is 15.0 Å². The Hall–Kier alpha value is -3.79. The summed E-state index contributed by atoms with van der Waals surface area (Å²) in [5.41, 5.74) is 7.51. The zero-order chi connectivity index (χ0) is 25.7. The fourth-order valence-corrected chi connectivity index (χ4v) is 6.24. The molecule has 1 saturated carbocycles. The van der Waals surface area contributed by atoms with Crippen LogP contribution in [0.4, 0.5) is 4.79 Å². The number of aromatic nitrogens is 1. The summed E-state index contributed by atoms with van der Waals surface area (Å²) in [7, 11) is 0. The minimum atomic E-state index is -0.647. The monoisotopic (exact) mass is 518 g/mol. The normalized spacial score (nSPS) is 23.0. The second kappa shape index (κ2) is 9.26. The molecule has 0 bridgehead atoms. The molecule has 2 fully saturated rings. The van der Waals surface area contributed by atoms with E-state index in [0.717, 1.165) is 29.5 Å². The molecule has 1 saturated heterocycles. The van der Waals surface area contributed by atoms with Gasteiger partial charge in [-0.05, 0) is 66.5 Å². The number of amides is 4. The number of hydrogen-bond donors (Lipinski definition) is 2. The maximum atomic E-state index is 13.0. The van der Waals surface area contributed by atoms with E-state index in [4.69, 9.17) is 4.74 Å². The quantitative estimate of drug-likeness (QED) is 0.499. The highest BCUT2D eigenvalue weighted by atomic mass is 32.1. The van der Waals surface area contributed by atoms with Gasteiger partial charge in [-0.1, -0.05) is 18.2 Å². The van der Waals surface area contributed by atoms with Crippen LogP contribution in [0.25, 0.3) is 10.2 Å². The molecule has 1 aliphatic carbocycles. The number of aryl methyl sites for hydroxylation is 1. The first-order valence-corrected chi connectivity index (χ1v) is 13.3. The van der Waals surface area contributed by atoms with Gasteiger partial charge in [0.25, 0.3) is 5.91 Å². The van der Waals surface area contributed by atoms with Crippen molar-refractivity contribution in [2.45, 2.75) is 63.8 Å². The number of thiazole rings is 1. The van der Waals surface area contributed by atoms with Crippen molar-refractivity contribution < 1.29 is 23.9 Å². The lowest BCUT2D eigenvalue weighted by molar-refractivity contribution is -0.136. The Balaban J connectivity index is 1.02. The lowest BCUT2D eigenvalue weighted by Gasteiger charge is -2.35. The van der Waals surface area contributed by atoms with Gasteiger partial charge in [0.15, 0.2) is 0 Å². The van der Waals surface area contributed by atoms with Gasteiger partial charge in [-0.2, -0.15) is 0 Å². The van der Waals surface area contributed by atoms with E-state index < -0.39 is 18.0 Å². The number of piperidine rings is 1. The molecule has 1 atom stereocenters. The Kier molecular flexibility index (Phi) is 5.91. The van der Waals surface area contributed by atoms with Gasteiger partial charge in [-0.3, -0.25) is 19.7 Å². The maximum Gasteiger partial charge on any atom is 0.407 e. The van der Waals surface area contributed by atoms with Crippen LogP contribution in [0.5, 0.6) is 0 Å². The van der Waals surface area contributed by atoms with Crippen molar-refractivity contribution >= 4 is 45.4 Å². The van der Waals surface area contributed by atoms with Gasteiger partial charge in [0.2, 0.25) is 11.8 Å². The summed E-state index contributed by atoms with van der Waals surface area (Å²) in [6.07, 6.45) is 1.47. The number of imide groups is 1. The van der Waals surface area contributed by atoms with Crippen LogP contribution in [0, 0.1) is 6.92 Å². The Labute approximate surface area is 217 Å². The predicted molar refractivity (Wildman–Crippen MR) is 136 cm³/mol. The molecule has 0 radical (unpaired) electrons. The lowest BCUT2D eigenvalue weighted by atomic mass is 9.75. The van der Waals surface area contributed by atoms with Gasteiger partial charge in [0, 0.05) is 25.1 Å². The van der Waals surface area contributed by atoms with Crippen LogP contribution in [0.2, 0.25) is 0 Å². The predicted octanol–water partition coefficient (Wildman–Crippen LogP) is 3.54. The Bertz CT molecular complexity index is 1440. The first kappa shape index (κ1) is 23.6. The molecule has 6 rings (SSSR count). The first-order valence-electron chi connectivity index (χ1n) is 12.4. The fraction of sp³-hybridized carbons (Fsp3) is 0.370. The molecule has 3 heterocycles. The van der Waals surface area contributed by atoms with E-state index in [-0.39, 0.29) is 30.9 Å². The number of benzene rings is 2. The van der Waals surface area contributed by atoms with Gasteiger partial charge in [0.05, 0.1) is 15.7 Å². The molecule has 2 N–H and O–H groups in total. The molecule has 3 aromatic rings. The molecule has 4 amide bonds. The molecule has 2 aromatic carbocycles. The van der Waals surface area contributed by atoms with Crippen LogP contribution in [0.15, 0.2) is 35.8 Å². The fourth-order valence-electron chi connectivity index (χ4n) is 5.54. The van der Waals surface area contributed by atoms with E-state index in [1.54, 1.807) is 17.4 Å². The zero-order valence-electron chi connectivity index (χ0n) is 20.3. The van der Waals surface area contributed by atoms with E-state index in [0.29, 0.717) is 24.4 Å². The summed E-state index contributed by atoms with van der Waals surface area (Å²) in [6.45, 7) is 2.65. The second-order valence-corrected chi connectivity index (χ2v) is 10.8. The number of nitrogens with one attached hydrogen (secondary N) is 2. The Morgan fingerprint density at radius 3 is 2.86 bits per heavy atom. The van der Waals surface area contributed by atoms with E-state index in [1.807, 2.05) is 17.6 Å². The zero-order valence-corrected chi connectivity index (χ0v) is 21.1. The standard InChI is InChI=1S/C27H26N4O5S/c1-14-2-6-21-24(29-13-37-21)23(14)17-9-18(10-17)36-27(35)28-11-15-3-4-16-12-31(26(34)19(16)8-15)20-5-7-22(32)30-25(20)33/h2-4,6,8,13,17-18,20H,5,7,9-12H2,1H3,(H,28,35)(H,30,32,33)/t17?,18?,20-/m1/s1. The van der Waals surface area contributed by atoms with Crippen LogP contribution < -0.4 is 10.6 Å². The molecule has 2 aliphatic heterocycles. The average molecular weight is 519 g/mol. The lowest BCUT2D eigenvalue weighted by Crippen LogP contribution is -2.52. The minimum Gasteiger partial charge on any atom is -0.446 e. The third kappa shape index (κ3) is 4.35. The number of hydrogen-bond acceptors (Lipinski definition) is 7. The summed E-state index contributed by atoms with van der Waals surface area (Å²) < 4.78 is 6.79. The van der Waals surface area contributed by atoms with Crippen molar-refractivity contribution in [2.24, 2.45) is 0 Å². The van der Waals surface area contributed by atoms with Gasteiger partial charge in [0.1, 0.15) is 12.1 Å². The summed E-state index contributed by atoms with van der Waals surface area (Å²) in [5, 5.41) is 5.09. The molecular weight excluding hydrogens is 492 g/mol. The van der Waals surface area contributed by atoms with Gasteiger partial charge in [-0.25, -0.2) is 9.78 Å². The average Bonchev–Trinajstić information content (AvgIpc) is 3.45. The van der Waals surface area contributed by atoms with E-state index in [1.165, 1.54) is 20.7 Å². The van der Waals surface area contributed by atoms with E-state index >= 15 is 0 Å². The van der Waals surface area contributed by atoms with Gasteiger partial charge >= 0.3 is 6.09 Å². The van der Waals surface area contributed by atoms with Crippen LogP contribution in [-0.2, 0) is 27.4 Å². The number of carbonyl (C=O) groups excluding carboxylic acids is 4. The Morgan fingerprint density at radius 1 is 1.22 bits per heavy atom. The molecule has 10 heteroatoms. The molecule has 0 spiro atoms. The highest BCUT2D eigenvalue weighted by molar-refractivity contribution is 7.16. The number of alkyl carbamates (subject to hydrolysis) is 1. The van der Waals surface area contributed by atoms with Crippen molar-refractivity contribution in [1.29, 1.82) is 0 Å². The highest BCUT2D eigenvalue weighted by Crippen LogP contribution is 2.43. The number of ether oxygens (including phenoxy) is 1. The third-order valence-electron chi connectivity index (χ3n) is 7.57. The van der Waals surface area contributed by atoms with Crippen molar-refractivity contribution in [3.05, 3.63) is 63.7 Å². The molecular formula is C27H26N4O5S. The number of carbonyl (C=O) groups is 4. The van der Waals surface area contributed by atoms with Crippen molar-refractivity contribution in [3.8, 4) is 0 Å². The van der Waals surface area contributed by atoms with E-state index in [9.17, 15) is 19.2 Å². The Morgan fingerprint density at radius 2 is 2.05 bits per heavy atom. The SMILES string of the molecule is Cc1ccc2scnc2c1C1CC(OC(=O)NCc2ccc3c(c2)C(=O)N([C@@H]2CCC(=O)NC2=O)C3)C1. The third-order valence-corrected chi connectivity index (χ3v) is 8.36. The van der Waals surface area contributed by atoms with Gasteiger partial charge in [-0.15, -0.1) is 11.3 Å². The minimum absolute atomic E-state index is 0.137. The van der Waals surface area contributed by atoms with E-state index in [2.05, 4.69) is 34.7 Å². The largest absolute Gasteiger partial charge is 0.446 e. The molecule has 0 unspecified atom stereocenters. The second-order valence-electron chi connectivity index (χ2n) is 9.94. The molecule has 37 heavy (non-hydrogen) atoms. The number of fused-ring (bicyclic) bond motifs is 2. The summed E-state index contributed by atoms with van der Waals surface area (Å²) in [4.78, 5) is 55.1. The van der Waals surface area contributed by atoms with Crippen LogP contribution in [0.1, 0.15) is 64.2 Å². The van der Waals surface area contributed by atoms with Crippen molar-refractivity contribution in [3.63, 3.8) is 0 Å². The van der Waals surface area contributed by atoms with Crippen molar-refractivity contribution in [2.75, 3.05) is 0 Å². The summed E-state index contributed by atoms with van der Waals surface area (Å²) in [6, 6.07) is 9.04. The van der Waals surface area contributed by atoms with Crippen LogP contribution in [-0.4, -0.2) is 45.8 Å². The summed E-state index contributed by atoms with van der Waals surface area (Å²) in [5.74, 6) is -0.646. The number of rotatable bonds is 5. The molecule has 1 aromatic heterocycles. The van der Waals surface area contributed by atoms with Crippen molar-refractivity contribution in [1.82, 2.24) is 20.5 Å².